The SMILES string of the molecule is CNC(=O)c1cccc(C(=O)N2CCOC(c3ccccc3)CC2)n1. The first-order valence-corrected chi connectivity index (χ1v) is 8.34. The van der Waals surface area contributed by atoms with Gasteiger partial charge in [-0.05, 0) is 24.1 Å². The number of hydrogen-bond donors (Lipinski definition) is 1. The zero-order valence-electron chi connectivity index (χ0n) is 14.1. The maximum Gasteiger partial charge on any atom is 0.272 e. The van der Waals surface area contributed by atoms with E-state index in [4.69, 9.17) is 4.74 Å². The monoisotopic (exact) mass is 339 g/mol. The van der Waals surface area contributed by atoms with Gasteiger partial charge in [0.25, 0.3) is 11.8 Å². The molecule has 2 aromatic rings. The Labute approximate surface area is 146 Å². The fourth-order valence-electron chi connectivity index (χ4n) is 2.88. The molecular formula is C19H21N3O3. The number of nitrogens with one attached hydrogen (secondary N) is 1. The molecule has 0 saturated carbocycles. The van der Waals surface area contributed by atoms with Gasteiger partial charge in [-0.2, -0.15) is 0 Å². The van der Waals surface area contributed by atoms with Crippen LogP contribution in [0.15, 0.2) is 48.5 Å². The fraction of sp³-hybridized carbons (Fsp3) is 0.316. The highest BCUT2D eigenvalue weighted by atomic mass is 16.5. The molecule has 2 heterocycles. The van der Waals surface area contributed by atoms with Gasteiger partial charge < -0.3 is 15.0 Å². The topological polar surface area (TPSA) is 71.5 Å². The first kappa shape index (κ1) is 17.1. The Morgan fingerprint density at radius 1 is 1.08 bits per heavy atom. The van der Waals surface area contributed by atoms with Gasteiger partial charge in [-0.1, -0.05) is 36.4 Å². The van der Waals surface area contributed by atoms with Crippen molar-refractivity contribution in [2.75, 3.05) is 26.7 Å². The highest BCUT2D eigenvalue weighted by Gasteiger charge is 2.24. The summed E-state index contributed by atoms with van der Waals surface area (Å²) in [5.74, 6) is -0.485. The second kappa shape index (κ2) is 7.90. The second-order valence-electron chi connectivity index (χ2n) is 5.84. The molecule has 0 spiro atoms. The quantitative estimate of drug-likeness (QED) is 0.929. The highest BCUT2D eigenvalue weighted by Crippen LogP contribution is 2.24. The zero-order chi connectivity index (χ0) is 17.6. The maximum absolute atomic E-state index is 12.7. The molecule has 3 rings (SSSR count). The number of aromatic nitrogens is 1. The molecule has 6 nitrogen and oxygen atoms in total. The molecule has 0 radical (unpaired) electrons. The second-order valence-corrected chi connectivity index (χ2v) is 5.84. The molecular weight excluding hydrogens is 318 g/mol. The van der Waals surface area contributed by atoms with Crippen molar-refractivity contribution >= 4 is 11.8 Å². The minimum Gasteiger partial charge on any atom is -0.372 e. The Balaban J connectivity index is 1.70. The molecule has 1 aliphatic rings. The molecule has 130 valence electrons. The van der Waals surface area contributed by atoms with E-state index in [1.165, 1.54) is 7.05 Å². The third kappa shape index (κ3) is 4.03. The number of amides is 2. The van der Waals surface area contributed by atoms with E-state index in [1.54, 1.807) is 23.1 Å². The summed E-state index contributed by atoms with van der Waals surface area (Å²) in [6, 6.07) is 14.9. The lowest BCUT2D eigenvalue weighted by molar-refractivity contribution is 0.0583. The first-order chi connectivity index (χ1) is 12.2. The molecule has 25 heavy (non-hydrogen) atoms. The van der Waals surface area contributed by atoms with Gasteiger partial charge in [0.1, 0.15) is 11.4 Å². The molecule has 1 aromatic carbocycles. The number of rotatable bonds is 3. The van der Waals surface area contributed by atoms with Crippen molar-refractivity contribution in [2.24, 2.45) is 0 Å². The first-order valence-electron chi connectivity index (χ1n) is 8.34. The van der Waals surface area contributed by atoms with Gasteiger partial charge in [-0.3, -0.25) is 9.59 Å². The van der Waals surface area contributed by atoms with Crippen LogP contribution in [0.2, 0.25) is 0 Å². The third-order valence-electron chi connectivity index (χ3n) is 4.23. The molecule has 2 amide bonds. The molecule has 1 fully saturated rings. The van der Waals surface area contributed by atoms with Crippen LogP contribution < -0.4 is 5.32 Å². The van der Waals surface area contributed by atoms with Crippen molar-refractivity contribution in [2.45, 2.75) is 12.5 Å². The van der Waals surface area contributed by atoms with Gasteiger partial charge in [0.05, 0.1) is 12.7 Å². The van der Waals surface area contributed by atoms with Gasteiger partial charge in [-0.15, -0.1) is 0 Å². The summed E-state index contributed by atoms with van der Waals surface area (Å²) in [6.07, 6.45) is 0.717. The summed E-state index contributed by atoms with van der Waals surface area (Å²) in [5, 5.41) is 2.51. The lowest BCUT2D eigenvalue weighted by Gasteiger charge is -2.19. The summed E-state index contributed by atoms with van der Waals surface area (Å²) < 4.78 is 5.91. The van der Waals surface area contributed by atoms with Crippen LogP contribution >= 0.6 is 0 Å². The van der Waals surface area contributed by atoms with E-state index in [9.17, 15) is 9.59 Å². The van der Waals surface area contributed by atoms with Crippen LogP contribution in [0.4, 0.5) is 0 Å². The van der Waals surface area contributed by atoms with Crippen LogP contribution in [0, 0.1) is 0 Å². The fourth-order valence-corrected chi connectivity index (χ4v) is 2.88. The lowest BCUT2D eigenvalue weighted by Crippen LogP contribution is -2.34. The van der Waals surface area contributed by atoms with Crippen molar-refractivity contribution in [3.05, 3.63) is 65.5 Å². The lowest BCUT2D eigenvalue weighted by atomic mass is 10.1. The standard InChI is InChI=1S/C19H21N3O3/c1-20-18(23)15-8-5-9-16(21-15)19(24)22-11-10-17(25-13-12-22)14-6-3-2-4-7-14/h2-9,17H,10-13H2,1H3,(H,20,23). The number of nitrogens with zero attached hydrogens (tertiary/aromatic N) is 2. The predicted molar refractivity (Wildman–Crippen MR) is 93.3 cm³/mol. The minimum atomic E-state index is -0.307. The van der Waals surface area contributed by atoms with Crippen molar-refractivity contribution in [3.8, 4) is 0 Å². The molecule has 1 atom stereocenters. The summed E-state index contributed by atoms with van der Waals surface area (Å²) in [6.45, 7) is 1.57. The number of carbonyl (C=O) groups excluding carboxylic acids is 2. The molecule has 0 aliphatic carbocycles. The molecule has 1 N–H and O–H groups in total. The Kier molecular flexibility index (Phi) is 5.40. The largest absolute Gasteiger partial charge is 0.372 e. The number of benzene rings is 1. The van der Waals surface area contributed by atoms with Gasteiger partial charge in [0.2, 0.25) is 0 Å². The number of pyridine rings is 1. The third-order valence-corrected chi connectivity index (χ3v) is 4.23. The van der Waals surface area contributed by atoms with E-state index in [0.29, 0.717) is 19.7 Å². The molecule has 1 aliphatic heterocycles. The normalized spacial score (nSPS) is 17.6. The van der Waals surface area contributed by atoms with Gasteiger partial charge in [0, 0.05) is 20.1 Å². The molecule has 1 aromatic heterocycles. The van der Waals surface area contributed by atoms with E-state index >= 15 is 0 Å². The van der Waals surface area contributed by atoms with Gasteiger partial charge >= 0.3 is 0 Å². The van der Waals surface area contributed by atoms with Crippen molar-refractivity contribution < 1.29 is 14.3 Å². The number of carbonyl (C=O) groups is 2. The van der Waals surface area contributed by atoms with Crippen LogP contribution in [-0.4, -0.2) is 48.4 Å². The molecule has 1 saturated heterocycles. The maximum atomic E-state index is 12.7. The van der Waals surface area contributed by atoms with Crippen molar-refractivity contribution in [3.63, 3.8) is 0 Å². The van der Waals surface area contributed by atoms with E-state index in [0.717, 1.165) is 12.0 Å². The number of ether oxygens (including phenoxy) is 1. The molecule has 0 bridgehead atoms. The Morgan fingerprint density at radius 3 is 2.60 bits per heavy atom. The minimum absolute atomic E-state index is 0.0100. The van der Waals surface area contributed by atoms with E-state index in [2.05, 4.69) is 10.3 Å². The highest BCUT2D eigenvalue weighted by molar-refractivity contribution is 5.96. The van der Waals surface area contributed by atoms with Gasteiger partial charge in [-0.25, -0.2) is 4.98 Å². The van der Waals surface area contributed by atoms with Crippen LogP contribution in [0.25, 0.3) is 0 Å². The average Bonchev–Trinajstić information content (AvgIpc) is 2.94. The van der Waals surface area contributed by atoms with E-state index < -0.39 is 0 Å². The van der Waals surface area contributed by atoms with Crippen LogP contribution in [0.3, 0.4) is 0 Å². The molecule has 1 unspecified atom stereocenters. The van der Waals surface area contributed by atoms with E-state index in [1.807, 2.05) is 30.3 Å². The molecule has 6 heteroatoms. The van der Waals surface area contributed by atoms with Crippen LogP contribution in [0.5, 0.6) is 0 Å². The summed E-state index contributed by atoms with van der Waals surface area (Å²) in [7, 11) is 1.54. The predicted octanol–water partition coefficient (Wildman–Crippen LogP) is 2.04. The van der Waals surface area contributed by atoms with Gasteiger partial charge in [0.15, 0.2) is 0 Å². The summed E-state index contributed by atoms with van der Waals surface area (Å²) in [4.78, 5) is 30.4. The Hall–Kier alpha value is -2.73. The van der Waals surface area contributed by atoms with Crippen molar-refractivity contribution in [1.29, 1.82) is 0 Å². The smallest absolute Gasteiger partial charge is 0.272 e. The van der Waals surface area contributed by atoms with Crippen LogP contribution in [-0.2, 0) is 4.74 Å². The summed E-state index contributed by atoms with van der Waals surface area (Å²) in [5.41, 5.74) is 1.64. The number of hydrogen-bond acceptors (Lipinski definition) is 4. The van der Waals surface area contributed by atoms with Crippen molar-refractivity contribution in [1.82, 2.24) is 15.2 Å². The Bertz CT molecular complexity index is 749. The van der Waals surface area contributed by atoms with Crippen LogP contribution in [0.1, 0.15) is 39.1 Å². The summed E-state index contributed by atoms with van der Waals surface area (Å²) >= 11 is 0. The zero-order valence-corrected chi connectivity index (χ0v) is 14.1. The van der Waals surface area contributed by atoms with E-state index in [-0.39, 0.29) is 29.3 Å². The average molecular weight is 339 g/mol. The Morgan fingerprint density at radius 2 is 1.84 bits per heavy atom.